The van der Waals surface area contributed by atoms with E-state index in [4.69, 9.17) is 4.98 Å². The molecule has 0 saturated carbocycles. The minimum atomic E-state index is 0.256. The van der Waals surface area contributed by atoms with E-state index in [2.05, 4.69) is 95.7 Å². The summed E-state index contributed by atoms with van der Waals surface area (Å²) in [7, 11) is 0. The summed E-state index contributed by atoms with van der Waals surface area (Å²) in [6.07, 6.45) is 1.00. The lowest BCUT2D eigenvalue weighted by atomic mass is 9.92. The van der Waals surface area contributed by atoms with Crippen LogP contribution in [0.15, 0.2) is 78.9 Å². The van der Waals surface area contributed by atoms with Gasteiger partial charge in [0.15, 0.2) is 0 Å². The molecule has 0 amide bonds. The number of para-hydroxylation sites is 2. The predicted octanol–water partition coefficient (Wildman–Crippen LogP) is 5.49. The van der Waals surface area contributed by atoms with Crippen molar-refractivity contribution < 1.29 is 0 Å². The molecule has 3 aromatic carbocycles. The van der Waals surface area contributed by atoms with Gasteiger partial charge in [0.05, 0.1) is 23.1 Å². The van der Waals surface area contributed by atoms with E-state index in [0.29, 0.717) is 0 Å². The Morgan fingerprint density at radius 2 is 1.58 bits per heavy atom. The van der Waals surface area contributed by atoms with Crippen LogP contribution >= 0.6 is 0 Å². The van der Waals surface area contributed by atoms with Crippen LogP contribution in [0.4, 0.5) is 5.95 Å². The number of aryl methyl sites for hydroxylation is 1. The minimum absolute atomic E-state index is 0.256. The Morgan fingerprint density at radius 1 is 0.846 bits per heavy atom. The third-order valence-corrected chi connectivity index (χ3v) is 5.33. The molecule has 26 heavy (non-hydrogen) atoms. The first-order valence-corrected chi connectivity index (χ1v) is 9.14. The molecule has 0 radical (unpaired) electrons. The van der Waals surface area contributed by atoms with Crippen LogP contribution in [0.2, 0.25) is 0 Å². The highest BCUT2D eigenvalue weighted by atomic mass is 15.3. The highest BCUT2D eigenvalue weighted by Gasteiger charge is 2.30. The zero-order valence-electron chi connectivity index (χ0n) is 14.8. The molecule has 1 aliphatic rings. The van der Waals surface area contributed by atoms with Gasteiger partial charge in [-0.15, -0.1) is 0 Å². The normalized spacial score (nSPS) is 19.1. The SMILES string of the molecule is Cc1ccc([C@H]2C[C@H](c3ccccc3)Nc3nc4ccccc4n32)cc1. The molecule has 0 unspecified atom stereocenters. The van der Waals surface area contributed by atoms with Crippen molar-refractivity contribution in [3.63, 3.8) is 0 Å². The van der Waals surface area contributed by atoms with Gasteiger partial charge < -0.3 is 9.88 Å². The first kappa shape index (κ1) is 15.2. The molecule has 0 saturated heterocycles. The van der Waals surface area contributed by atoms with Crippen molar-refractivity contribution in [1.82, 2.24) is 9.55 Å². The number of imidazole rings is 1. The highest BCUT2D eigenvalue weighted by molar-refractivity contribution is 5.79. The number of anilines is 1. The number of benzene rings is 3. The van der Waals surface area contributed by atoms with Crippen LogP contribution < -0.4 is 5.32 Å². The van der Waals surface area contributed by atoms with Gasteiger partial charge >= 0.3 is 0 Å². The standard InChI is InChI=1S/C23H21N3/c1-16-11-13-18(14-12-16)22-15-20(17-7-3-2-4-8-17)25-23-24-19-9-5-6-10-21(19)26(22)23/h2-14,20,22H,15H2,1H3,(H,24,25)/t20-,22-/m1/s1. The average molecular weight is 339 g/mol. The monoisotopic (exact) mass is 339 g/mol. The highest BCUT2D eigenvalue weighted by Crippen LogP contribution is 2.40. The second-order valence-corrected chi connectivity index (χ2v) is 7.06. The third-order valence-electron chi connectivity index (χ3n) is 5.33. The van der Waals surface area contributed by atoms with Gasteiger partial charge in [-0.05, 0) is 36.6 Å². The van der Waals surface area contributed by atoms with Crippen LogP contribution in [0.1, 0.15) is 35.2 Å². The molecular formula is C23H21N3. The third kappa shape index (κ3) is 2.48. The first-order chi connectivity index (χ1) is 12.8. The Bertz CT molecular complexity index is 1050. The molecule has 1 aromatic heterocycles. The van der Waals surface area contributed by atoms with E-state index in [1.807, 2.05) is 0 Å². The van der Waals surface area contributed by atoms with Crippen LogP contribution in [0.5, 0.6) is 0 Å². The fraction of sp³-hybridized carbons (Fsp3) is 0.174. The van der Waals surface area contributed by atoms with E-state index < -0.39 is 0 Å². The van der Waals surface area contributed by atoms with Gasteiger partial charge in [0.25, 0.3) is 0 Å². The summed E-state index contributed by atoms with van der Waals surface area (Å²) in [5, 5.41) is 3.67. The number of nitrogens with zero attached hydrogens (tertiary/aromatic N) is 2. The number of fused-ring (bicyclic) bond motifs is 3. The number of rotatable bonds is 2. The van der Waals surface area contributed by atoms with E-state index in [9.17, 15) is 0 Å². The first-order valence-electron chi connectivity index (χ1n) is 9.14. The Morgan fingerprint density at radius 3 is 2.38 bits per heavy atom. The van der Waals surface area contributed by atoms with E-state index in [-0.39, 0.29) is 12.1 Å². The molecule has 3 nitrogen and oxygen atoms in total. The lowest BCUT2D eigenvalue weighted by molar-refractivity contribution is 0.477. The van der Waals surface area contributed by atoms with E-state index >= 15 is 0 Å². The van der Waals surface area contributed by atoms with Crippen molar-refractivity contribution in [2.45, 2.75) is 25.4 Å². The quantitative estimate of drug-likeness (QED) is 0.523. The number of nitrogens with one attached hydrogen (secondary N) is 1. The smallest absolute Gasteiger partial charge is 0.204 e. The fourth-order valence-electron chi connectivity index (χ4n) is 3.98. The van der Waals surface area contributed by atoms with Crippen LogP contribution in [-0.2, 0) is 0 Å². The Kier molecular flexibility index (Phi) is 3.52. The van der Waals surface area contributed by atoms with Crippen molar-refractivity contribution in [3.05, 3.63) is 95.6 Å². The second-order valence-electron chi connectivity index (χ2n) is 7.06. The molecular weight excluding hydrogens is 318 g/mol. The maximum atomic E-state index is 4.87. The number of hydrogen-bond acceptors (Lipinski definition) is 2. The summed E-state index contributed by atoms with van der Waals surface area (Å²) in [6.45, 7) is 2.14. The molecule has 128 valence electrons. The summed E-state index contributed by atoms with van der Waals surface area (Å²) >= 11 is 0. The maximum absolute atomic E-state index is 4.87. The second kappa shape index (κ2) is 6.03. The van der Waals surface area contributed by atoms with E-state index in [0.717, 1.165) is 17.9 Å². The summed E-state index contributed by atoms with van der Waals surface area (Å²) < 4.78 is 2.36. The number of hydrogen-bond donors (Lipinski definition) is 1. The van der Waals surface area contributed by atoms with Gasteiger partial charge in [0, 0.05) is 0 Å². The minimum Gasteiger partial charge on any atom is -0.349 e. The van der Waals surface area contributed by atoms with Crippen LogP contribution in [0, 0.1) is 6.92 Å². The van der Waals surface area contributed by atoms with Gasteiger partial charge in [0.2, 0.25) is 5.95 Å². The molecule has 3 heteroatoms. The maximum Gasteiger partial charge on any atom is 0.204 e. The van der Waals surface area contributed by atoms with Crippen LogP contribution in [-0.4, -0.2) is 9.55 Å². The molecule has 2 heterocycles. The predicted molar refractivity (Wildman–Crippen MR) is 106 cm³/mol. The lowest BCUT2D eigenvalue weighted by Gasteiger charge is -2.33. The van der Waals surface area contributed by atoms with Gasteiger partial charge in [-0.3, -0.25) is 0 Å². The van der Waals surface area contributed by atoms with Gasteiger partial charge in [0.1, 0.15) is 0 Å². The molecule has 0 bridgehead atoms. The summed E-state index contributed by atoms with van der Waals surface area (Å²) in [4.78, 5) is 4.87. The van der Waals surface area contributed by atoms with Crippen molar-refractivity contribution in [3.8, 4) is 0 Å². The molecule has 0 aliphatic carbocycles. The Balaban J connectivity index is 1.67. The Labute approximate surface area is 153 Å². The molecule has 0 fully saturated rings. The van der Waals surface area contributed by atoms with Crippen molar-refractivity contribution in [1.29, 1.82) is 0 Å². The van der Waals surface area contributed by atoms with Gasteiger partial charge in [-0.2, -0.15) is 0 Å². The van der Waals surface area contributed by atoms with E-state index in [1.54, 1.807) is 0 Å². The molecule has 4 aromatic rings. The van der Waals surface area contributed by atoms with Crippen molar-refractivity contribution >= 4 is 17.0 Å². The average Bonchev–Trinajstić information content (AvgIpc) is 3.07. The van der Waals surface area contributed by atoms with Crippen LogP contribution in [0.25, 0.3) is 11.0 Å². The van der Waals surface area contributed by atoms with E-state index in [1.165, 1.54) is 22.2 Å². The number of aromatic nitrogens is 2. The van der Waals surface area contributed by atoms with Crippen LogP contribution in [0.3, 0.4) is 0 Å². The molecule has 5 rings (SSSR count). The zero-order valence-corrected chi connectivity index (χ0v) is 14.8. The zero-order chi connectivity index (χ0) is 17.5. The fourth-order valence-corrected chi connectivity index (χ4v) is 3.98. The van der Waals surface area contributed by atoms with Crippen molar-refractivity contribution in [2.75, 3.05) is 5.32 Å². The summed E-state index contributed by atoms with van der Waals surface area (Å²) in [5.41, 5.74) is 6.16. The van der Waals surface area contributed by atoms with Gasteiger partial charge in [-0.1, -0.05) is 72.3 Å². The molecule has 0 spiro atoms. The molecule has 1 N–H and O–H groups in total. The summed E-state index contributed by atoms with van der Waals surface area (Å²) in [6, 6.07) is 28.5. The van der Waals surface area contributed by atoms with Gasteiger partial charge in [-0.25, -0.2) is 4.98 Å². The van der Waals surface area contributed by atoms with Crippen molar-refractivity contribution in [2.24, 2.45) is 0 Å². The Hall–Kier alpha value is -3.07. The molecule has 1 aliphatic heterocycles. The largest absolute Gasteiger partial charge is 0.349 e. The topological polar surface area (TPSA) is 29.9 Å². The lowest BCUT2D eigenvalue weighted by Crippen LogP contribution is -2.27. The summed E-state index contributed by atoms with van der Waals surface area (Å²) in [5.74, 6) is 0.955. The molecule has 2 atom stereocenters.